The standard InChI is InChI=1S/C22H24N4O2/c1-2-28-21(27)18-10-12-19(13-11-18)25-22-24-16-14-20(26-22)23-15-6-9-17-7-4-3-5-8-17/h3-5,7-8,10-14,16H,2,6,9,15H2,1H3,(H2,23,24,25,26). The highest BCUT2D eigenvalue weighted by molar-refractivity contribution is 5.89. The number of ether oxygens (including phenoxy) is 1. The Morgan fingerprint density at radius 3 is 2.57 bits per heavy atom. The molecule has 2 N–H and O–H groups in total. The summed E-state index contributed by atoms with van der Waals surface area (Å²) in [6.07, 6.45) is 3.75. The van der Waals surface area contributed by atoms with Gasteiger partial charge in [-0.15, -0.1) is 0 Å². The third-order valence-corrected chi connectivity index (χ3v) is 4.10. The molecule has 0 amide bonds. The Morgan fingerprint density at radius 1 is 1.04 bits per heavy atom. The van der Waals surface area contributed by atoms with Crippen LogP contribution >= 0.6 is 0 Å². The maximum Gasteiger partial charge on any atom is 0.338 e. The molecule has 0 aliphatic carbocycles. The van der Waals surface area contributed by atoms with Crippen molar-refractivity contribution in [1.29, 1.82) is 0 Å². The van der Waals surface area contributed by atoms with E-state index in [4.69, 9.17) is 4.74 Å². The van der Waals surface area contributed by atoms with E-state index in [1.165, 1.54) is 5.56 Å². The second kappa shape index (κ2) is 10.1. The molecule has 0 saturated carbocycles. The van der Waals surface area contributed by atoms with E-state index in [9.17, 15) is 4.79 Å². The zero-order chi connectivity index (χ0) is 19.6. The van der Waals surface area contributed by atoms with Crippen LogP contribution in [0.1, 0.15) is 29.3 Å². The number of hydrogen-bond acceptors (Lipinski definition) is 6. The van der Waals surface area contributed by atoms with Crippen molar-refractivity contribution in [3.8, 4) is 0 Å². The Labute approximate surface area is 165 Å². The molecule has 6 nitrogen and oxygen atoms in total. The SMILES string of the molecule is CCOC(=O)c1ccc(Nc2nccc(NCCCc3ccccc3)n2)cc1. The van der Waals surface area contributed by atoms with Gasteiger partial charge in [0.2, 0.25) is 5.95 Å². The van der Waals surface area contributed by atoms with E-state index >= 15 is 0 Å². The van der Waals surface area contributed by atoms with Gasteiger partial charge < -0.3 is 15.4 Å². The zero-order valence-electron chi connectivity index (χ0n) is 15.9. The Hall–Kier alpha value is -3.41. The quantitative estimate of drug-likeness (QED) is 0.425. The maximum atomic E-state index is 11.7. The van der Waals surface area contributed by atoms with Gasteiger partial charge in [-0.25, -0.2) is 9.78 Å². The molecule has 1 heterocycles. The van der Waals surface area contributed by atoms with Crippen molar-refractivity contribution in [3.63, 3.8) is 0 Å². The van der Waals surface area contributed by atoms with Crippen LogP contribution in [-0.4, -0.2) is 29.1 Å². The average Bonchev–Trinajstić information content (AvgIpc) is 2.73. The molecule has 2 aromatic carbocycles. The van der Waals surface area contributed by atoms with Crippen molar-refractivity contribution in [1.82, 2.24) is 9.97 Å². The van der Waals surface area contributed by atoms with Crippen LogP contribution in [0.5, 0.6) is 0 Å². The normalized spacial score (nSPS) is 10.3. The van der Waals surface area contributed by atoms with Crippen LogP contribution in [0.2, 0.25) is 0 Å². The first-order valence-corrected chi connectivity index (χ1v) is 9.39. The number of anilines is 3. The molecule has 0 spiro atoms. The molecule has 0 aliphatic heterocycles. The summed E-state index contributed by atoms with van der Waals surface area (Å²) in [5.74, 6) is 0.942. The Kier molecular flexibility index (Phi) is 6.95. The number of aromatic nitrogens is 2. The van der Waals surface area contributed by atoms with E-state index in [-0.39, 0.29) is 5.97 Å². The molecule has 144 valence electrons. The van der Waals surface area contributed by atoms with Gasteiger partial charge in [0, 0.05) is 18.4 Å². The predicted octanol–water partition coefficient (Wildman–Crippen LogP) is 4.44. The summed E-state index contributed by atoms with van der Waals surface area (Å²) in [6.45, 7) is 2.98. The van der Waals surface area contributed by atoms with E-state index in [1.807, 2.05) is 12.1 Å². The van der Waals surface area contributed by atoms with Gasteiger partial charge in [-0.05, 0) is 55.7 Å². The van der Waals surface area contributed by atoms with Crippen LogP contribution in [-0.2, 0) is 11.2 Å². The second-order valence-corrected chi connectivity index (χ2v) is 6.20. The summed E-state index contributed by atoms with van der Waals surface area (Å²) in [4.78, 5) is 20.4. The van der Waals surface area contributed by atoms with Gasteiger partial charge in [0.05, 0.1) is 12.2 Å². The molecule has 0 atom stereocenters. The largest absolute Gasteiger partial charge is 0.462 e. The summed E-state index contributed by atoms with van der Waals surface area (Å²) >= 11 is 0. The number of aryl methyl sites for hydroxylation is 1. The molecular formula is C22H24N4O2. The third-order valence-electron chi connectivity index (χ3n) is 4.10. The lowest BCUT2D eigenvalue weighted by Gasteiger charge is -2.09. The van der Waals surface area contributed by atoms with Gasteiger partial charge in [-0.3, -0.25) is 0 Å². The molecular weight excluding hydrogens is 352 g/mol. The number of carbonyl (C=O) groups is 1. The minimum atomic E-state index is -0.327. The lowest BCUT2D eigenvalue weighted by Crippen LogP contribution is -2.07. The fourth-order valence-electron chi connectivity index (χ4n) is 2.70. The van der Waals surface area contributed by atoms with Gasteiger partial charge in [-0.2, -0.15) is 4.98 Å². The number of hydrogen-bond donors (Lipinski definition) is 2. The number of carbonyl (C=O) groups excluding carboxylic acids is 1. The molecule has 0 unspecified atom stereocenters. The van der Waals surface area contributed by atoms with Crippen LogP contribution in [0.15, 0.2) is 66.9 Å². The van der Waals surface area contributed by atoms with E-state index in [0.717, 1.165) is 30.9 Å². The average molecular weight is 376 g/mol. The van der Waals surface area contributed by atoms with Gasteiger partial charge >= 0.3 is 5.97 Å². The lowest BCUT2D eigenvalue weighted by molar-refractivity contribution is 0.0526. The molecule has 3 rings (SSSR count). The number of nitrogens with one attached hydrogen (secondary N) is 2. The Balaban J connectivity index is 1.51. The first kappa shape index (κ1) is 19.4. The minimum absolute atomic E-state index is 0.327. The van der Waals surface area contributed by atoms with E-state index < -0.39 is 0 Å². The smallest absolute Gasteiger partial charge is 0.338 e. The van der Waals surface area contributed by atoms with Crippen molar-refractivity contribution in [2.24, 2.45) is 0 Å². The third kappa shape index (κ3) is 5.81. The summed E-state index contributed by atoms with van der Waals surface area (Å²) in [5, 5.41) is 6.47. The minimum Gasteiger partial charge on any atom is -0.462 e. The molecule has 0 aliphatic rings. The molecule has 0 bridgehead atoms. The highest BCUT2D eigenvalue weighted by atomic mass is 16.5. The molecule has 0 radical (unpaired) electrons. The summed E-state index contributed by atoms with van der Waals surface area (Å²) in [5.41, 5.74) is 2.65. The summed E-state index contributed by atoms with van der Waals surface area (Å²) in [7, 11) is 0. The molecule has 3 aromatic rings. The summed E-state index contributed by atoms with van der Waals surface area (Å²) in [6, 6.07) is 19.3. The molecule has 0 saturated heterocycles. The van der Waals surface area contributed by atoms with Crippen molar-refractivity contribution in [2.45, 2.75) is 19.8 Å². The number of rotatable bonds is 9. The van der Waals surface area contributed by atoms with Crippen LogP contribution in [0.3, 0.4) is 0 Å². The number of esters is 1. The lowest BCUT2D eigenvalue weighted by atomic mass is 10.1. The van der Waals surface area contributed by atoms with Gasteiger partial charge in [0.25, 0.3) is 0 Å². The van der Waals surface area contributed by atoms with Crippen molar-refractivity contribution >= 4 is 23.4 Å². The van der Waals surface area contributed by atoms with Crippen molar-refractivity contribution in [2.75, 3.05) is 23.8 Å². The number of benzene rings is 2. The monoisotopic (exact) mass is 376 g/mol. The molecule has 1 aromatic heterocycles. The van der Waals surface area contributed by atoms with Crippen LogP contribution < -0.4 is 10.6 Å². The zero-order valence-corrected chi connectivity index (χ0v) is 15.9. The van der Waals surface area contributed by atoms with Crippen LogP contribution in [0.25, 0.3) is 0 Å². The Bertz CT molecular complexity index is 883. The van der Waals surface area contributed by atoms with Crippen LogP contribution in [0, 0.1) is 0 Å². The van der Waals surface area contributed by atoms with Crippen LogP contribution in [0.4, 0.5) is 17.5 Å². The van der Waals surface area contributed by atoms with Gasteiger partial charge in [0.15, 0.2) is 0 Å². The summed E-state index contributed by atoms with van der Waals surface area (Å²) < 4.78 is 4.98. The van der Waals surface area contributed by atoms with E-state index in [0.29, 0.717) is 18.1 Å². The van der Waals surface area contributed by atoms with Gasteiger partial charge in [0.1, 0.15) is 5.82 Å². The van der Waals surface area contributed by atoms with E-state index in [1.54, 1.807) is 37.4 Å². The fourth-order valence-corrected chi connectivity index (χ4v) is 2.70. The second-order valence-electron chi connectivity index (χ2n) is 6.20. The van der Waals surface area contributed by atoms with Crippen molar-refractivity contribution < 1.29 is 9.53 Å². The highest BCUT2D eigenvalue weighted by Gasteiger charge is 2.06. The number of nitrogens with zero attached hydrogens (tertiary/aromatic N) is 2. The maximum absolute atomic E-state index is 11.7. The fraction of sp³-hybridized carbons (Fsp3) is 0.227. The molecule has 6 heteroatoms. The van der Waals surface area contributed by atoms with Gasteiger partial charge in [-0.1, -0.05) is 30.3 Å². The topological polar surface area (TPSA) is 76.1 Å². The Morgan fingerprint density at radius 2 is 1.82 bits per heavy atom. The molecule has 0 fully saturated rings. The van der Waals surface area contributed by atoms with Crippen molar-refractivity contribution in [3.05, 3.63) is 78.0 Å². The highest BCUT2D eigenvalue weighted by Crippen LogP contribution is 2.16. The first-order valence-electron chi connectivity index (χ1n) is 9.39. The van der Waals surface area contributed by atoms with E-state index in [2.05, 4.69) is 44.9 Å². The predicted molar refractivity (Wildman–Crippen MR) is 111 cm³/mol. The first-order chi connectivity index (χ1) is 13.7. The molecule has 28 heavy (non-hydrogen) atoms.